The molecule has 166 valence electrons. The average molecular weight is 469 g/mol. The molecule has 0 amide bonds. The van der Waals surface area contributed by atoms with Gasteiger partial charge in [0.05, 0.1) is 5.56 Å². The number of hydrogen-bond acceptors (Lipinski definition) is 6. The zero-order valence-electron chi connectivity index (χ0n) is 18.2. The Morgan fingerprint density at radius 1 is 1.00 bits per heavy atom. The number of carbonyl (C=O) groups excluding carboxylic acids is 2. The number of esters is 1. The highest BCUT2D eigenvalue weighted by atomic mass is 32.2. The second-order valence-corrected chi connectivity index (χ2v) is 12.2. The van der Waals surface area contributed by atoms with Crippen LogP contribution in [0, 0.1) is 5.41 Å². The Bertz CT molecular complexity index is 1280. The van der Waals surface area contributed by atoms with Gasteiger partial charge in [-0.3, -0.25) is 4.79 Å². The maximum Gasteiger partial charge on any atom is 0.348 e. The van der Waals surface area contributed by atoms with E-state index in [-0.39, 0.29) is 38.9 Å². The lowest BCUT2D eigenvalue weighted by Gasteiger charge is -2.29. The lowest BCUT2D eigenvalue weighted by molar-refractivity contribution is 0.0476. The Labute approximate surface area is 192 Å². The van der Waals surface area contributed by atoms with Crippen LogP contribution in [0.3, 0.4) is 0 Å². The fourth-order valence-electron chi connectivity index (χ4n) is 4.02. The number of sulfone groups is 1. The van der Waals surface area contributed by atoms with Crippen molar-refractivity contribution in [1.82, 2.24) is 0 Å². The number of carbonyl (C=O) groups is 2. The molecule has 0 fully saturated rings. The Morgan fingerprint density at radius 2 is 1.62 bits per heavy atom. The molecule has 0 saturated heterocycles. The second-order valence-electron chi connectivity index (χ2n) is 8.92. The van der Waals surface area contributed by atoms with Crippen molar-refractivity contribution in [1.29, 1.82) is 0 Å². The predicted octanol–water partition coefficient (Wildman–Crippen LogP) is 5.33. The molecule has 0 N–H and O–H groups in total. The first kappa shape index (κ1) is 22.4. The van der Waals surface area contributed by atoms with Crippen molar-refractivity contribution in [3.05, 3.63) is 76.2 Å². The third kappa shape index (κ3) is 4.54. The number of ketones is 1. The van der Waals surface area contributed by atoms with E-state index < -0.39 is 15.8 Å². The molecule has 0 aliphatic heterocycles. The topological polar surface area (TPSA) is 77.5 Å². The van der Waals surface area contributed by atoms with Gasteiger partial charge in [-0.15, -0.1) is 11.3 Å². The standard InChI is InChI=1S/C25H24O5S2/c1-25(2)13-19-21(20(26)14-25)24(32(3,28)29)31-22(19)23(27)30-15-16-9-11-18(12-10-16)17-7-5-4-6-8-17/h4-12H,13-15H2,1-3H3. The van der Waals surface area contributed by atoms with E-state index in [1.807, 2.05) is 68.4 Å². The fourth-order valence-corrected chi connectivity index (χ4v) is 6.45. The Hall–Kier alpha value is -2.77. The summed E-state index contributed by atoms with van der Waals surface area (Å²) in [6.07, 6.45) is 1.77. The monoisotopic (exact) mass is 468 g/mol. The van der Waals surface area contributed by atoms with Crippen LogP contribution in [0.15, 0.2) is 58.8 Å². The van der Waals surface area contributed by atoms with Gasteiger partial charge in [-0.2, -0.15) is 0 Å². The number of thiophene rings is 1. The minimum absolute atomic E-state index is 0.0350. The first-order valence-electron chi connectivity index (χ1n) is 10.3. The summed E-state index contributed by atoms with van der Waals surface area (Å²) in [5.74, 6) is -0.831. The van der Waals surface area contributed by atoms with Crippen molar-refractivity contribution >= 4 is 32.9 Å². The minimum atomic E-state index is -3.64. The van der Waals surface area contributed by atoms with Gasteiger partial charge in [0.2, 0.25) is 0 Å². The molecule has 0 spiro atoms. The van der Waals surface area contributed by atoms with E-state index in [0.29, 0.717) is 12.0 Å². The minimum Gasteiger partial charge on any atom is -0.457 e. The van der Waals surface area contributed by atoms with E-state index in [1.54, 1.807) is 0 Å². The van der Waals surface area contributed by atoms with Gasteiger partial charge >= 0.3 is 5.97 Å². The van der Waals surface area contributed by atoms with Crippen LogP contribution in [0.2, 0.25) is 0 Å². The van der Waals surface area contributed by atoms with Crippen molar-refractivity contribution in [2.24, 2.45) is 5.41 Å². The van der Waals surface area contributed by atoms with E-state index in [2.05, 4.69) is 0 Å². The van der Waals surface area contributed by atoms with Crippen LogP contribution in [0.25, 0.3) is 11.1 Å². The summed E-state index contributed by atoms with van der Waals surface area (Å²) in [5, 5.41) is 0. The molecule has 1 aliphatic rings. The molecule has 1 aliphatic carbocycles. The number of fused-ring (bicyclic) bond motifs is 1. The van der Waals surface area contributed by atoms with E-state index in [4.69, 9.17) is 4.74 Å². The van der Waals surface area contributed by atoms with Crippen LogP contribution in [-0.2, 0) is 27.6 Å². The molecule has 3 aromatic rings. The first-order chi connectivity index (χ1) is 15.0. The Kier molecular flexibility index (Phi) is 5.81. The number of Topliss-reactive ketones (excluding diaryl/α,β-unsaturated/α-hetero) is 1. The average Bonchev–Trinajstić information content (AvgIpc) is 3.12. The van der Waals surface area contributed by atoms with Gasteiger partial charge < -0.3 is 4.74 Å². The first-order valence-corrected chi connectivity index (χ1v) is 13.0. The molecule has 1 aromatic heterocycles. The van der Waals surface area contributed by atoms with Gasteiger partial charge in [-0.25, -0.2) is 13.2 Å². The SMILES string of the molecule is CC1(C)CC(=O)c2c(S(C)(=O)=O)sc(C(=O)OCc3ccc(-c4ccccc4)cc3)c2C1. The van der Waals surface area contributed by atoms with Gasteiger partial charge in [0, 0.05) is 12.7 Å². The normalized spacial score (nSPS) is 15.3. The predicted molar refractivity (Wildman–Crippen MR) is 125 cm³/mol. The van der Waals surface area contributed by atoms with Gasteiger partial charge in [0.15, 0.2) is 15.6 Å². The molecule has 5 nitrogen and oxygen atoms in total. The number of benzene rings is 2. The van der Waals surface area contributed by atoms with E-state index in [0.717, 1.165) is 34.3 Å². The van der Waals surface area contributed by atoms with Crippen molar-refractivity contribution < 1.29 is 22.7 Å². The molecule has 4 rings (SSSR count). The highest BCUT2D eigenvalue weighted by Gasteiger charge is 2.40. The molecule has 32 heavy (non-hydrogen) atoms. The molecular formula is C25H24O5S2. The molecule has 1 heterocycles. The highest BCUT2D eigenvalue weighted by Crippen LogP contribution is 2.43. The van der Waals surface area contributed by atoms with Crippen molar-refractivity contribution in [3.63, 3.8) is 0 Å². The van der Waals surface area contributed by atoms with Gasteiger partial charge in [-0.1, -0.05) is 68.4 Å². The lowest BCUT2D eigenvalue weighted by Crippen LogP contribution is -2.28. The molecule has 2 aromatic carbocycles. The van der Waals surface area contributed by atoms with E-state index in [9.17, 15) is 18.0 Å². The molecule has 0 saturated carbocycles. The van der Waals surface area contributed by atoms with E-state index in [1.165, 1.54) is 0 Å². The largest absolute Gasteiger partial charge is 0.457 e. The Morgan fingerprint density at radius 3 is 2.25 bits per heavy atom. The summed E-state index contributed by atoms with van der Waals surface area (Å²) in [6, 6.07) is 17.7. The fraction of sp³-hybridized carbons (Fsp3) is 0.280. The van der Waals surface area contributed by atoms with Crippen LogP contribution in [0.4, 0.5) is 0 Å². The molecular weight excluding hydrogens is 444 g/mol. The molecule has 0 radical (unpaired) electrons. The van der Waals surface area contributed by atoms with Crippen LogP contribution in [0.1, 0.15) is 51.4 Å². The summed E-state index contributed by atoms with van der Waals surface area (Å²) < 4.78 is 30.0. The molecule has 0 bridgehead atoms. The number of rotatable bonds is 5. The van der Waals surface area contributed by atoms with Gasteiger partial charge in [0.1, 0.15) is 15.7 Å². The third-order valence-electron chi connectivity index (χ3n) is 5.50. The van der Waals surface area contributed by atoms with Crippen LogP contribution in [0.5, 0.6) is 0 Å². The summed E-state index contributed by atoms with van der Waals surface area (Å²) in [5.41, 5.74) is 3.32. The third-order valence-corrected chi connectivity index (χ3v) is 8.54. The zero-order valence-corrected chi connectivity index (χ0v) is 19.8. The van der Waals surface area contributed by atoms with Crippen molar-refractivity contribution in [2.75, 3.05) is 6.26 Å². The summed E-state index contributed by atoms with van der Waals surface area (Å²) in [4.78, 5) is 25.9. The Balaban J connectivity index is 1.57. The summed E-state index contributed by atoms with van der Waals surface area (Å²) in [7, 11) is -3.64. The smallest absolute Gasteiger partial charge is 0.348 e. The molecule has 7 heteroatoms. The van der Waals surface area contributed by atoms with Crippen LogP contribution in [-0.4, -0.2) is 26.4 Å². The molecule has 0 atom stereocenters. The quantitative estimate of drug-likeness (QED) is 0.473. The second kappa shape index (κ2) is 8.30. The maximum atomic E-state index is 12.9. The van der Waals surface area contributed by atoms with Crippen molar-refractivity contribution in [2.45, 2.75) is 37.5 Å². The van der Waals surface area contributed by atoms with Gasteiger partial charge in [0.25, 0.3) is 0 Å². The summed E-state index contributed by atoms with van der Waals surface area (Å²) >= 11 is 0.846. The number of ether oxygens (including phenoxy) is 1. The van der Waals surface area contributed by atoms with Crippen LogP contribution < -0.4 is 0 Å². The lowest BCUT2D eigenvalue weighted by atomic mass is 9.74. The summed E-state index contributed by atoms with van der Waals surface area (Å²) in [6.45, 7) is 3.94. The van der Waals surface area contributed by atoms with Crippen LogP contribution >= 0.6 is 11.3 Å². The maximum absolute atomic E-state index is 12.9. The molecule has 0 unspecified atom stereocenters. The van der Waals surface area contributed by atoms with Crippen molar-refractivity contribution in [3.8, 4) is 11.1 Å². The number of hydrogen-bond donors (Lipinski definition) is 0. The van der Waals surface area contributed by atoms with E-state index >= 15 is 0 Å². The highest BCUT2D eigenvalue weighted by molar-refractivity contribution is 7.92. The zero-order chi connectivity index (χ0) is 23.1. The van der Waals surface area contributed by atoms with Gasteiger partial charge in [-0.05, 0) is 34.1 Å².